The largest absolute Gasteiger partial charge is 0.483 e. The van der Waals surface area contributed by atoms with Gasteiger partial charge in [0.25, 0.3) is 5.89 Å². The maximum absolute atomic E-state index is 12.9. The maximum atomic E-state index is 12.9. The van der Waals surface area contributed by atoms with Crippen molar-refractivity contribution in [2.75, 3.05) is 0 Å². The molecule has 2 rings (SSSR count). The van der Waals surface area contributed by atoms with Crippen molar-refractivity contribution in [3.05, 3.63) is 40.2 Å². The van der Waals surface area contributed by atoms with Crippen LogP contribution in [-0.2, 0) is 13.0 Å². The van der Waals surface area contributed by atoms with Crippen molar-refractivity contribution in [2.24, 2.45) is 0 Å². The lowest BCUT2D eigenvalue weighted by atomic mass is 10.3. The summed E-state index contributed by atoms with van der Waals surface area (Å²) >= 11 is 3.22. The summed E-state index contributed by atoms with van der Waals surface area (Å²) in [4.78, 5) is 4.17. The Balaban J connectivity index is 1.97. The highest BCUT2D eigenvalue weighted by Gasteiger charge is 2.08. The van der Waals surface area contributed by atoms with Crippen molar-refractivity contribution in [1.29, 1.82) is 0 Å². The quantitative estimate of drug-likeness (QED) is 0.847. The van der Waals surface area contributed by atoms with Crippen molar-refractivity contribution in [3.8, 4) is 5.75 Å². The molecule has 0 N–H and O–H groups in total. The van der Waals surface area contributed by atoms with Crippen molar-refractivity contribution in [1.82, 2.24) is 10.1 Å². The Kier molecular flexibility index (Phi) is 4.30. The predicted octanol–water partition coefficient (Wildman–Crippen LogP) is 3.50. The van der Waals surface area contributed by atoms with Gasteiger partial charge in [0.2, 0.25) is 0 Å². The number of nitrogens with zero attached hydrogens (tertiary/aromatic N) is 2. The van der Waals surface area contributed by atoms with E-state index in [1.807, 2.05) is 6.92 Å². The highest BCUT2D eigenvalue weighted by Crippen LogP contribution is 2.26. The molecule has 2 aromatic rings. The van der Waals surface area contributed by atoms with Crippen LogP contribution >= 0.6 is 15.9 Å². The third kappa shape index (κ3) is 3.29. The maximum Gasteiger partial charge on any atom is 0.264 e. The van der Waals surface area contributed by atoms with Gasteiger partial charge in [0.15, 0.2) is 12.4 Å². The van der Waals surface area contributed by atoms with E-state index in [-0.39, 0.29) is 12.4 Å². The fraction of sp³-hybridized carbons (Fsp3) is 0.333. The number of aryl methyl sites for hydroxylation is 1. The van der Waals surface area contributed by atoms with Gasteiger partial charge >= 0.3 is 0 Å². The van der Waals surface area contributed by atoms with Crippen molar-refractivity contribution in [3.63, 3.8) is 0 Å². The van der Waals surface area contributed by atoms with E-state index in [1.54, 1.807) is 6.07 Å². The summed E-state index contributed by atoms with van der Waals surface area (Å²) in [5.74, 6) is 1.30. The molecule has 18 heavy (non-hydrogen) atoms. The lowest BCUT2D eigenvalue weighted by molar-refractivity contribution is 0.241. The summed E-state index contributed by atoms with van der Waals surface area (Å²) in [5, 5.41) is 3.82. The van der Waals surface area contributed by atoms with Gasteiger partial charge in [-0.15, -0.1) is 0 Å². The zero-order chi connectivity index (χ0) is 13.0. The molecule has 0 saturated heterocycles. The van der Waals surface area contributed by atoms with Crippen LogP contribution in [0.4, 0.5) is 4.39 Å². The molecular weight excluding hydrogens is 303 g/mol. The van der Waals surface area contributed by atoms with E-state index < -0.39 is 0 Å². The first-order chi connectivity index (χ1) is 8.69. The highest BCUT2D eigenvalue weighted by molar-refractivity contribution is 9.10. The van der Waals surface area contributed by atoms with Crippen LogP contribution in [0.2, 0.25) is 0 Å². The van der Waals surface area contributed by atoms with Crippen LogP contribution in [0.1, 0.15) is 25.1 Å². The van der Waals surface area contributed by atoms with Gasteiger partial charge in [-0.1, -0.05) is 12.1 Å². The number of rotatable bonds is 5. The summed E-state index contributed by atoms with van der Waals surface area (Å²) in [7, 11) is 0. The van der Waals surface area contributed by atoms with Gasteiger partial charge in [0.1, 0.15) is 11.6 Å². The standard InChI is InChI=1S/C12H12BrFN2O2/c1-2-3-11-15-12(18-16-11)7-17-10-5-4-8(14)6-9(10)13/h4-6H,2-3,7H2,1H3. The highest BCUT2D eigenvalue weighted by atomic mass is 79.9. The molecule has 1 heterocycles. The van der Waals surface area contributed by atoms with Crippen LogP contribution in [-0.4, -0.2) is 10.1 Å². The molecule has 0 amide bonds. The van der Waals surface area contributed by atoms with Crippen molar-refractivity contribution in [2.45, 2.75) is 26.4 Å². The van der Waals surface area contributed by atoms with Crippen molar-refractivity contribution >= 4 is 15.9 Å². The molecule has 1 aromatic carbocycles. The Morgan fingerprint density at radius 2 is 2.28 bits per heavy atom. The molecule has 0 bridgehead atoms. The number of benzene rings is 1. The SMILES string of the molecule is CCCc1noc(COc2ccc(F)cc2Br)n1. The molecule has 0 atom stereocenters. The number of halogens is 2. The minimum atomic E-state index is -0.322. The third-order valence-electron chi connectivity index (χ3n) is 2.23. The topological polar surface area (TPSA) is 48.2 Å². The zero-order valence-corrected chi connectivity index (χ0v) is 11.4. The Morgan fingerprint density at radius 3 is 3.00 bits per heavy atom. The molecule has 6 heteroatoms. The smallest absolute Gasteiger partial charge is 0.264 e. The number of hydrogen-bond acceptors (Lipinski definition) is 4. The molecule has 0 fully saturated rings. The average Bonchev–Trinajstić information content (AvgIpc) is 2.76. The first kappa shape index (κ1) is 13.0. The molecule has 96 valence electrons. The Morgan fingerprint density at radius 1 is 1.44 bits per heavy atom. The van der Waals surface area contributed by atoms with Crippen LogP contribution in [0.3, 0.4) is 0 Å². The van der Waals surface area contributed by atoms with Gasteiger partial charge in [-0.25, -0.2) is 4.39 Å². The van der Waals surface area contributed by atoms with Gasteiger partial charge in [0.05, 0.1) is 4.47 Å². The number of aromatic nitrogens is 2. The summed E-state index contributed by atoms with van der Waals surface area (Å²) in [5.41, 5.74) is 0. The fourth-order valence-corrected chi connectivity index (χ4v) is 1.87. The van der Waals surface area contributed by atoms with Crippen LogP contribution < -0.4 is 4.74 Å². The van der Waals surface area contributed by atoms with Crippen LogP contribution in [0.5, 0.6) is 5.75 Å². The van der Waals surface area contributed by atoms with Gasteiger partial charge in [-0.05, 0) is 40.5 Å². The minimum Gasteiger partial charge on any atom is -0.483 e. The zero-order valence-electron chi connectivity index (χ0n) is 9.82. The van der Waals surface area contributed by atoms with Crippen LogP contribution in [0, 0.1) is 5.82 Å². The minimum absolute atomic E-state index is 0.168. The summed E-state index contributed by atoms with van der Waals surface area (Å²) in [6.45, 7) is 2.21. The average molecular weight is 315 g/mol. The summed E-state index contributed by atoms with van der Waals surface area (Å²) in [6.07, 6.45) is 1.74. The normalized spacial score (nSPS) is 10.6. The number of ether oxygens (including phenoxy) is 1. The molecule has 0 aliphatic rings. The molecule has 0 aliphatic heterocycles. The molecule has 1 aromatic heterocycles. The predicted molar refractivity (Wildman–Crippen MR) is 66.7 cm³/mol. The molecule has 0 saturated carbocycles. The van der Waals surface area contributed by atoms with Gasteiger partial charge in [-0.3, -0.25) is 0 Å². The van der Waals surface area contributed by atoms with E-state index in [4.69, 9.17) is 9.26 Å². The lowest BCUT2D eigenvalue weighted by Gasteiger charge is -2.05. The van der Waals surface area contributed by atoms with Crippen LogP contribution in [0.25, 0.3) is 0 Å². The lowest BCUT2D eigenvalue weighted by Crippen LogP contribution is -1.97. The Labute approximate surface area is 112 Å². The molecule has 0 radical (unpaired) electrons. The fourth-order valence-electron chi connectivity index (χ4n) is 1.41. The molecule has 0 aliphatic carbocycles. The Hall–Kier alpha value is -1.43. The third-order valence-corrected chi connectivity index (χ3v) is 2.85. The van der Waals surface area contributed by atoms with E-state index in [0.717, 1.165) is 12.8 Å². The number of hydrogen-bond donors (Lipinski definition) is 0. The monoisotopic (exact) mass is 314 g/mol. The van der Waals surface area contributed by atoms with E-state index in [0.29, 0.717) is 21.9 Å². The molecule has 0 unspecified atom stereocenters. The summed E-state index contributed by atoms with van der Waals surface area (Å²) < 4.78 is 23.9. The first-order valence-electron chi connectivity index (χ1n) is 5.58. The van der Waals surface area contributed by atoms with E-state index >= 15 is 0 Å². The van der Waals surface area contributed by atoms with Gasteiger partial charge < -0.3 is 9.26 Å². The summed E-state index contributed by atoms with van der Waals surface area (Å²) in [6, 6.07) is 4.21. The second-order valence-electron chi connectivity index (χ2n) is 3.72. The van der Waals surface area contributed by atoms with E-state index in [9.17, 15) is 4.39 Å². The van der Waals surface area contributed by atoms with E-state index in [2.05, 4.69) is 26.1 Å². The Bertz CT molecular complexity index is 531. The molecule has 4 nitrogen and oxygen atoms in total. The van der Waals surface area contributed by atoms with Crippen LogP contribution in [0.15, 0.2) is 27.2 Å². The first-order valence-corrected chi connectivity index (χ1v) is 6.37. The van der Waals surface area contributed by atoms with Gasteiger partial charge in [0, 0.05) is 6.42 Å². The second kappa shape index (κ2) is 5.95. The second-order valence-corrected chi connectivity index (χ2v) is 4.57. The molecule has 0 spiro atoms. The molecular formula is C12H12BrFN2O2. The van der Waals surface area contributed by atoms with E-state index in [1.165, 1.54) is 12.1 Å². The van der Waals surface area contributed by atoms with Gasteiger partial charge in [-0.2, -0.15) is 4.98 Å². The van der Waals surface area contributed by atoms with Crippen molar-refractivity contribution < 1.29 is 13.7 Å².